The average Bonchev–Trinajstić information content (AvgIpc) is 3.01. The smallest absolute Gasteiger partial charge is 0.311 e. The van der Waals surface area contributed by atoms with Gasteiger partial charge in [0.05, 0.1) is 18.7 Å². The molecule has 122 valence electrons. The fraction of sp³-hybridized carbons (Fsp3) is 0.250. The molecule has 24 heavy (non-hydrogen) atoms. The Morgan fingerprint density at radius 2 is 1.54 bits per heavy atom. The zero-order valence-corrected chi connectivity index (χ0v) is 13.5. The van der Waals surface area contributed by atoms with E-state index in [1.165, 1.54) is 7.11 Å². The molecule has 0 aromatic heterocycles. The lowest BCUT2D eigenvalue weighted by Gasteiger charge is -2.15. The van der Waals surface area contributed by atoms with Gasteiger partial charge in [0.1, 0.15) is 6.04 Å². The molecule has 0 N–H and O–H groups in total. The van der Waals surface area contributed by atoms with E-state index in [4.69, 9.17) is 9.73 Å². The van der Waals surface area contributed by atoms with Gasteiger partial charge in [-0.15, -0.1) is 0 Å². The maximum atomic E-state index is 12.3. The Balaban J connectivity index is 2.06. The monoisotopic (exact) mass is 321 g/mol. The van der Waals surface area contributed by atoms with Gasteiger partial charge in [-0.05, 0) is 6.42 Å². The molecule has 2 atom stereocenters. The van der Waals surface area contributed by atoms with Gasteiger partial charge < -0.3 is 4.74 Å². The molecule has 1 aliphatic rings. The SMILES string of the molecule is COC(=O)[C@@H]1CCC(=O)C1N=C(c1ccccc1)c1ccccc1. The number of esters is 1. The Morgan fingerprint density at radius 1 is 1.00 bits per heavy atom. The van der Waals surface area contributed by atoms with Crippen LogP contribution in [-0.2, 0) is 14.3 Å². The van der Waals surface area contributed by atoms with E-state index in [2.05, 4.69) is 0 Å². The number of aliphatic imine (C=N–C) groups is 1. The molecule has 0 amide bonds. The fourth-order valence-electron chi connectivity index (χ4n) is 3.03. The van der Waals surface area contributed by atoms with Crippen LogP contribution in [0.3, 0.4) is 0 Å². The Hall–Kier alpha value is -2.75. The fourth-order valence-corrected chi connectivity index (χ4v) is 3.03. The van der Waals surface area contributed by atoms with Crippen molar-refractivity contribution in [1.82, 2.24) is 0 Å². The molecule has 1 fully saturated rings. The molecule has 2 aromatic rings. The van der Waals surface area contributed by atoms with Crippen LogP contribution >= 0.6 is 0 Å². The van der Waals surface area contributed by atoms with Gasteiger partial charge in [0.25, 0.3) is 0 Å². The Labute approximate surface area is 141 Å². The van der Waals surface area contributed by atoms with Crippen LogP contribution in [0.15, 0.2) is 65.7 Å². The number of carbonyl (C=O) groups excluding carboxylic acids is 2. The minimum Gasteiger partial charge on any atom is -0.469 e. The van der Waals surface area contributed by atoms with Crippen molar-refractivity contribution < 1.29 is 14.3 Å². The minimum absolute atomic E-state index is 0.00485. The maximum absolute atomic E-state index is 12.3. The van der Waals surface area contributed by atoms with E-state index in [0.29, 0.717) is 12.8 Å². The number of hydrogen-bond donors (Lipinski definition) is 0. The molecule has 2 aromatic carbocycles. The third-order valence-electron chi connectivity index (χ3n) is 4.28. The number of rotatable bonds is 4. The van der Waals surface area contributed by atoms with Crippen LogP contribution in [0.1, 0.15) is 24.0 Å². The highest BCUT2D eigenvalue weighted by molar-refractivity contribution is 6.14. The van der Waals surface area contributed by atoms with Crippen LogP contribution in [0.2, 0.25) is 0 Å². The summed E-state index contributed by atoms with van der Waals surface area (Å²) in [6.45, 7) is 0. The number of ether oxygens (including phenoxy) is 1. The molecule has 0 heterocycles. The Bertz CT molecular complexity index is 711. The highest BCUT2D eigenvalue weighted by Gasteiger charge is 2.40. The van der Waals surface area contributed by atoms with Crippen molar-refractivity contribution in [1.29, 1.82) is 0 Å². The van der Waals surface area contributed by atoms with Gasteiger partial charge in [-0.25, -0.2) is 0 Å². The van der Waals surface area contributed by atoms with E-state index >= 15 is 0 Å². The first-order chi connectivity index (χ1) is 11.7. The number of Topliss-reactive ketones (excluding diaryl/α,β-unsaturated/α-hetero) is 1. The molecule has 4 nitrogen and oxygen atoms in total. The standard InChI is InChI=1S/C20H19NO3/c1-24-20(23)16-12-13-17(22)19(16)21-18(14-8-4-2-5-9-14)15-10-6-3-7-11-15/h2-11,16,19H,12-13H2,1H3/t16-,19?/m1/s1. The Morgan fingerprint density at radius 3 is 2.04 bits per heavy atom. The molecule has 3 rings (SSSR count). The molecular formula is C20H19NO3. The van der Waals surface area contributed by atoms with Crippen LogP contribution in [0.25, 0.3) is 0 Å². The first kappa shape index (κ1) is 16.1. The molecule has 0 bridgehead atoms. The zero-order valence-electron chi connectivity index (χ0n) is 13.5. The maximum Gasteiger partial charge on any atom is 0.311 e. The van der Waals surface area contributed by atoms with Gasteiger partial charge in [-0.3, -0.25) is 14.6 Å². The second kappa shape index (κ2) is 7.21. The van der Waals surface area contributed by atoms with E-state index in [9.17, 15) is 9.59 Å². The molecule has 0 spiro atoms. The normalized spacial score (nSPS) is 19.8. The molecule has 4 heteroatoms. The largest absolute Gasteiger partial charge is 0.469 e. The van der Waals surface area contributed by atoms with E-state index in [1.807, 2.05) is 60.7 Å². The number of methoxy groups -OCH3 is 1. The summed E-state index contributed by atoms with van der Waals surface area (Å²) >= 11 is 0. The topological polar surface area (TPSA) is 55.7 Å². The van der Waals surface area contributed by atoms with Crippen molar-refractivity contribution in [2.24, 2.45) is 10.9 Å². The zero-order chi connectivity index (χ0) is 16.9. The van der Waals surface area contributed by atoms with Crippen molar-refractivity contribution in [3.63, 3.8) is 0 Å². The average molecular weight is 321 g/mol. The molecular weight excluding hydrogens is 302 g/mol. The molecule has 1 aliphatic carbocycles. The molecule has 0 aliphatic heterocycles. The molecule has 0 radical (unpaired) electrons. The number of nitrogens with zero attached hydrogens (tertiary/aromatic N) is 1. The van der Waals surface area contributed by atoms with Gasteiger partial charge in [-0.1, -0.05) is 60.7 Å². The van der Waals surface area contributed by atoms with E-state index in [1.54, 1.807) is 0 Å². The van der Waals surface area contributed by atoms with Crippen molar-refractivity contribution in [2.75, 3.05) is 7.11 Å². The number of ketones is 1. The lowest BCUT2D eigenvalue weighted by atomic mass is 9.99. The van der Waals surface area contributed by atoms with Crippen LogP contribution < -0.4 is 0 Å². The first-order valence-corrected chi connectivity index (χ1v) is 8.00. The minimum atomic E-state index is -0.673. The van der Waals surface area contributed by atoms with E-state index in [0.717, 1.165) is 16.8 Å². The summed E-state index contributed by atoms with van der Waals surface area (Å²) in [5, 5.41) is 0. The summed E-state index contributed by atoms with van der Waals surface area (Å²) in [4.78, 5) is 29.0. The predicted molar refractivity (Wildman–Crippen MR) is 92.1 cm³/mol. The molecule has 1 saturated carbocycles. The second-order valence-corrected chi connectivity index (χ2v) is 5.79. The van der Waals surface area contributed by atoms with Crippen molar-refractivity contribution in [3.05, 3.63) is 71.8 Å². The van der Waals surface area contributed by atoms with Gasteiger partial charge >= 0.3 is 5.97 Å². The lowest BCUT2D eigenvalue weighted by molar-refractivity contribution is -0.146. The third-order valence-corrected chi connectivity index (χ3v) is 4.28. The summed E-state index contributed by atoms with van der Waals surface area (Å²) in [6.07, 6.45) is 0.862. The first-order valence-electron chi connectivity index (χ1n) is 8.00. The highest BCUT2D eigenvalue weighted by Crippen LogP contribution is 2.28. The third kappa shape index (κ3) is 3.27. The lowest BCUT2D eigenvalue weighted by Crippen LogP contribution is -2.28. The summed E-state index contributed by atoms with van der Waals surface area (Å²) in [5.41, 5.74) is 2.57. The van der Waals surface area contributed by atoms with Gasteiger partial charge in [0, 0.05) is 17.5 Å². The molecule has 0 saturated heterocycles. The van der Waals surface area contributed by atoms with Gasteiger partial charge in [-0.2, -0.15) is 0 Å². The highest BCUT2D eigenvalue weighted by atomic mass is 16.5. The van der Waals surface area contributed by atoms with Crippen molar-refractivity contribution in [2.45, 2.75) is 18.9 Å². The predicted octanol–water partition coefficient (Wildman–Crippen LogP) is 3.04. The van der Waals surface area contributed by atoms with E-state index in [-0.39, 0.29) is 11.8 Å². The van der Waals surface area contributed by atoms with Crippen LogP contribution in [0.5, 0.6) is 0 Å². The summed E-state index contributed by atoms with van der Waals surface area (Å²) in [7, 11) is 1.35. The van der Waals surface area contributed by atoms with Gasteiger partial charge in [0.2, 0.25) is 0 Å². The number of carbonyl (C=O) groups is 2. The van der Waals surface area contributed by atoms with Crippen molar-refractivity contribution >= 4 is 17.5 Å². The van der Waals surface area contributed by atoms with Crippen LogP contribution in [0, 0.1) is 5.92 Å². The Kier molecular flexibility index (Phi) is 4.85. The van der Waals surface area contributed by atoms with Crippen LogP contribution in [0.4, 0.5) is 0 Å². The van der Waals surface area contributed by atoms with E-state index < -0.39 is 12.0 Å². The van der Waals surface area contributed by atoms with Crippen molar-refractivity contribution in [3.8, 4) is 0 Å². The quantitative estimate of drug-likeness (QED) is 0.642. The molecule has 1 unspecified atom stereocenters. The second-order valence-electron chi connectivity index (χ2n) is 5.79. The summed E-state index contributed by atoms with van der Waals surface area (Å²) in [5.74, 6) is -0.866. The number of benzene rings is 2. The van der Waals surface area contributed by atoms with Crippen LogP contribution in [-0.4, -0.2) is 30.6 Å². The van der Waals surface area contributed by atoms with Gasteiger partial charge in [0.15, 0.2) is 5.78 Å². The number of hydrogen-bond acceptors (Lipinski definition) is 4. The summed E-state index contributed by atoms with van der Waals surface area (Å²) < 4.78 is 4.85. The summed E-state index contributed by atoms with van der Waals surface area (Å²) in [6, 6.07) is 18.8.